The van der Waals surface area contributed by atoms with Gasteiger partial charge in [-0.15, -0.1) is 0 Å². The van der Waals surface area contributed by atoms with Crippen LogP contribution in [0.1, 0.15) is 37.0 Å². The van der Waals surface area contributed by atoms with Gasteiger partial charge in [-0.25, -0.2) is 9.69 Å². The van der Waals surface area contributed by atoms with Gasteiger partial charge in [0.1, 0.15) is 6.61 Å². The Bertz CT molecular complexity index is 1070. The molecule has 0 N–H and O–H groups in total. The van der Waals surface area contributed by atoms with Gasteiger partial charge in [0.2, 0.25) is 5.91 Å². The van der Waals surface area contributed by atoms with Crippen LogP contribution in [0, 0.1) is 5.92 Å². The number of cyclic esters (lactones) is 1. The molecule has 3 aromatic carbocycles. The zero-order chi connectivity index (χ0) is 25.8. The number of nitrogens with zero attached hydrogens (tertiary/aromatic N) is 1. The summed E-state index contributed by atoms with van der Waals surface area (Å²) >= 11 is 3.46. The van der Waals surface area contributed by atoms with Crippen LogP contribution in [0.5, 0.6) is 0 Å². The molecular weight excluding hydrogens is 518 g/mol. The molecule has 0 unspecified atom stereocenters. The van der Waals surface area contributed by atoms with E-state index < -0.39 is 6.09 Å². The summed E-state index contributed by atoms with van der Waals surface area (Å²) in [6.45, 7) is 5.13. The van der Waals surface area contributed by atoms with E-state index in [1.165, 1.54) is 4.90 Å². The van der Waals surface area contributed by atoms with Crippen LogP contribution in [0.15, 0.2) is 89.4 Å². The predicted octanol–water partition coefficient (Wildman–Crippen LogP) is 6.83. The first-order chi connectivity index (χ1) is 17.6. The lowest BCUT2D eigenvalue weighted by molar-refractivity contribution is -0.134. The molecule has 190 valence electrons. The van der Waals surface area contributed by atoms with Crippen LogP contribution in [0.4, 0.5) is 4.79 Å². The zero-order valence-electron chi connectivity index (χ0n) is 20.9. The lowest BCUT2D eigenvalue weighted by Gasteiger charge is -2.25. The number of benzene rings is 3. The number of carbonyl (C=O) groups excluding carboxylic acids is 2. The van der Waals surface area contributed by atoms with Crippen LogP contribution >= 0.6 is 15.9 Å². The van der Waals surface area contributed by atoms with Gasteiger partial charge in [-0.3, -0.25) is 4.79 Å². The molecule has 6 heteroatoms. The van der Waals surface area contributed by atoms with E-state index in [4.69, 9.17) is 9.47 Å². The minimum absolute atomic E-state index is 0.199. The molecule has 36 heavy (non-hydrogen) atoms. The molecule has 1 saturated heterocycles. The normalized spacial score (nSPS) is 15.6. The van der Waals surface area contributed by atoms with Gasteiger partial charge in [0.05, 0.1) is 12.6 Å². The predicted molar refractivity (Wildman–Crippen MR) is 146 cm³/mol. The number of halogens is 1. The summed E-state index contributed by atoms with van der Waals surface area (Å²) in [6, 6.07) is 27.4. The second kappa shape index (κ2) is 14.6. The number of ether oxygens (including phenoxy) is 2. The Hall–Kier alpha value is -2.96. The second-order valence-corrected chi connectivity index (χ2v) is 9.40. The molecule has 2 amide bonds. The fraction of sp³-hybridized carbons (Fsp3) is 0.333. The monoisotopic (exact) mass is 551 g/mol. The Balaban J connectivity index is 0.00000176. The molecule has 1 fully saturated rings. The van der Waals surface area contributed by atoms with Gasteiger partial charge < -0.3 is 9.47 Å². The fourth-order valence-corrected chi connectivity index (χ4v) is 4.44. The molecule has 1 heterocycles. The number of amides is 2. The van der Waals surface area contributed by atoms with Crippen LogP contribution < -0.4 is 0 Å². The minimum atomic E-state index is -0.558. The molecule has 0 aliphatic carbocycles. The van der Waals surface area contributed by atoms with E-state index >= 15 is 0 Å². The van der Waals surface area contributed by atoms with Gasteiger partial charge in [-0.2, -0.15) is 0 Å². The molecule has 3 aromatic rings. The third kappa shape index (κ3) is 8.04. The Kier molecular flexibility index (Phi) is 11.2. The lowest BCUT2D eigenvalue weighted by Crippen LogP contribution is -2.44. The van der Waals surface area contributed by atoms with Crippen molar-refractivity contribution in [3.8, 4) is 0 Å². The van der Waals surface area contributed by atoms with E-state index in [9.17, 15) is 9.59 Å². The van der Waals surface area contributed by atoms with Crippen LogP contribution in [-0.2, 0) is 33.7 Å². The van der Waals surface area contributed by atoms with Gasteiger partial charge >= 0.3 is 6.09 Å². The van der Waals surface area contributed by atoms with Gasteiger partial charge in [-0.05, 0) is 48.1 Å². The molecule has 0 bridgehead atoms. The summed E-state index contributed by atoms with van der Waals surface area (Å²) in [5, 5.41) is 0. The summed E-state index contributed by atoms with van der Waals surface area (Å²) in [6.07, 6.45) is 1.07. The Morgan fingerprint density at radius 1 is 0.944 bits per heavy atom. The molecule has 1 aliphatic heterocycles. The van der Waals surface area contributed by atoms with Gasteiger partial charge in [0.15, 0.2) is 0 Å². The highest BCUT2D eigenvalue weighted by atomic mass is 79.9. The van der Waals surface area contributed by atoms with Crippen LogP contribution in [0.2, 0.25) is 0 Å². The average molecular weight is 553 g/mol. The molecule has 0 radical (unpaired) electrons. The quantitative estimate of drug-likeness (QED) is 0.259. The highest BCUT2D eigenvalue weighted by molar-refractivity contribution is 9.10. The van der Waals surface area contributed by atoms with Gasteiger partial charge in [0.25, 0.3) is 0 Å². The largest absolute Gasteiger partial charge is 0.447 e. The van der Waals surface area contributed by atoms with Crippen molar-refractivity contribution >= 4 is 27.9 Å². The fourth-order valence-electron chi connectivity index (χ4n) is 4.17. The van der Waals surface area contributed by atoms with E-state index in [-0.39, 0.29) is 24.5 Å². The Labute approximate surface area is 222 Å². The smallest absolute Gasteiger partial charge is 0.416 e. The van der Waals surface area contributed by atoms with Crippen molar-refractivity contribution in [2.75, 3.05) is 13.2 Å². The average Bonchev–Trinajstić information content (AvgIpc) is 3.28. The van der Waals surface area contributed by atoms with E-state index in [1.54, 1.807) is 0 Å². The molecule has 0 spiro atoms. The van der Waals surface area contributed by atoms with Crippen molar-refractivity contribution in [3.63, 3.8) is 0 Å². The highest BCUT2D eigenvalue weighted by Crippen LogP contribution is 2.24. The van der Waals surface area contributed by atoms with Crippen molar-refractivity contribution in [2.45, 2.75) is 45.8 Å². The van der Waals surface area contributed by atoms with E-state index in [2.05, 4.69) is 15.9 Å². The number of imide groups is 1. The maximum absolute atomic E-state index is 13.7. The van der Waals surface area contributed by atoms with Gasteiger partial charge in [0, 0.05) is 17.0 Å². The Morgan fingerprint density at radius 3 is 2.19 bits per heavy atom. The summed E-state index contributed by atoms with van der Waals surface area (Å²) in [4.78, 5) is 27.6. The van der Waals surface area contributed by atoms with Crippen molar-refractivity contribution < 1.29 is 19.1 Å². The second-order valence-electron chi connectivity index (χ2n) is 8.48. The standard InChI is InChI=1S/C28H28BrNO4.C2H6/c29-25-13-11-22(12-14-25)17-24(15-16-33-19-23-9-5-2-6-10-23)27(31)30-26(20-34-28(30)32)18-21-7-3-1-4-8-21;1-2/h1-14,24,26H,15-20H2;1-2H3/t24-,26+;/m1./s1. The molecule has 0 aromatic heterocycles. The van der Waals surface area contributed by atoms with Crippen molar-refractivity contribution in [2.24, 2.45) is 5.92 Å². The summed E-state index contributed by atoms with van der Waals surface area (Å²) in [5.41, 5.74) is 3.19. The Morgan fingerprint density at radius 2 is 1.56 bits per heavy atom. The highest BCUT2D eigenvalue weighted by Gasteiger charge is 2.40. The first-order valence-corrected chi connectivity index (χ1v) is 13.3. The molecule has 1 aliphatic rings. The number of rotatable bonds is 10. The number of hydrogen-bond acceptors (Lipinski definition) is 4. The summed E-state index contributed by atoms with van der Waals surface area (Å²) < 4.78 is 12.2. The van der Waals surface area contributed by atoms with E-state index in [0.29, 0.717) is 32.5 Å². The molecule has 2 atom stereocenters. The van der Waals surface area contributed by atoms with Crippen molar-refractivity contribution in [3.05, 3.63) is 106 Å². The SMILES string of the molecule is CC.O=C1OC[C@H](Cc2ccccc2)N1C(=O)[C@H](CCOCc1ccccc1)Cc1ccc(Br)cc1. The third-order valence-corrected chi connectivity index (χ3v) is 6.51. The van der Waals surface area contributed by atoms with Gasteiger partial charge in [-0.1, -0.05) is 103 Å². The number of hydrogen-bond donors (Lipinski definition) is 0. The van der Waals surface area contributed by atoms with Crippen molar-refractivity contribution in [1.29, 1.82) is 0 Å². The zero-order valence-corrected chi connectivity index (χ0v) is 22.5. The summed E-state index contributed by atoms with van der Waals surface area (Å²) in [7, 11) is 0. The maximum Gasteiger partial charge on any atom is 0.416 e. The molecule has 5 nitrogen and oxygen atoms in total. The molecular formula is C30H34BrNO4. The van der Waals surface area contributed by atoms with Crippen LogP contribution in [0.25, 0.3) is 0 Å². The maximum atomic E-state index is 13.7. The summed E-state index contributed by atoms with van der Waals surface area (Å²) in [5.74, 6) is -0.587. The van der Waals surface area contributed by atoms with Crippen LogP contribution in [0.3, 0.4) is 0 Å². The lowest BCUT2D eigenvalue weighted by atomic mass is 9.94. The third-order valence-electron chi connectivity index (χ3n) is 5.98. The topological polar surface area (TPSA) is 55.8 Å². The number of carbonyl (C=O) groups is 2. The first-order valence-electron chi connectivity index (χ1n) is 12.5. The van der Waals surface area contributed by atoms with Crippen molar-refractivity contribution in [1.82, 2.24) is 4.90 Å². The molecule has 0 saturated carbocycles. The van der Waals surface area contributed by atoms with Crippen LogP contribution in [-0.4, -0.2) is 36.2 Å². The first kappa shape index (κ1) is 27.6. The van der Waals surface area contributed by atoms with E-state index in [0.717, 1.165) is 21.2 Å². The van der Waals surface area contributed by atoms with E-state index in [1.807, 2.05) is 98.8 Å². The minimum Gasteiger partial charge on any atom is -0.447 e. The molecule has 4 rings (SSSR count).